The number of halogens is 2. The van der Waals surface area contributed by atoms with Crippen LogP contribution in [0.25, 0.3) is 0 Å². The van der Waals surface area contributed by atoms with Crippen molar-refractivity contribution in [3.8, 4) is 0 Å². The summed E-state index contributed by atoms with van der Waals surface area (Å²) < 4.78 is 12.5. The summed E-state index contributed by atoms with van der Waals surface area (Å²) in [6.07, 6.45) is 1.53. The van der Waals surface area contributed by atoms with Crippen molar-refractivity contribution >= 4 is 40.1 Å². The average molecular weight is 306 g/mol. The van der Waals surface area contributed by atoms with Gasteiger partial charge in [0, 0.05) is 0 Å². The van der Waals surface area contributed by atoms with Gasteiger partial charge in [-0.25, -0.2) is 4.39 Å². The number of hydrogen-bond acceptors (Lipinski definition) is 3. The zero-order valence-electron chi connectivity index (χ0n) is 8.76. The van der Waals surface area contributed by atoms with Crippen molar-refractivity contribution in [3.05, 3.63) is 35.6 Å². The van der Waals surface area contributed by atoms with Crippen molar-refractivity contribution in [2.45, 2.75) is 6.92 Å². The van der Waals surface area contributed by atoms with E-state index in [1.165, 1.54) is 30.1 Å². The Hall–Kier alpha value is -0.880. The molecule has 0 saturated heterocycles. The van der Waals surface area contributed by atoms with E-state index >= 15 is 0 Å². The van der Waals surface area contributed by atoms with E-state index in [1.54, 1.807) is 12.1 Å². The lowest BCUT2D eigenvalue weighted by atomic mass is 10.2. The molecule has 6 heteroatoms. The molecule has 0 atom stereocenters. The van der Waals surface area contributed by atoms with E-state index in [9.17, 15) is 4.39 Å². The topological polar surface area (TPSA) is 50.7 Å². The van der Waals surface area contributed by atoms with Gasteiger partial charge in [-0.15, -0.1) is 22.1 Å². The number of rotatable bonds is 3. The molecule has 1 rings (SSSR count). The Balaban J connectivity index is 0.00000225. The number of nitrogens with two attached hydrogens (primary N) is 1. The molecule has 0 aliphatic rings. The van der Waals surface area contributed by atoms with Gasteiger partial charge in [0.2, 0.25) is 0 Å². The van der Waals surface area contributed by atoms with Crippen LogP contribution in [-0.2, 0) is 0 Å². The third-order valence-corrected chi connectivity index (χ3v) is 2.19. The van der Waals surface area contributed by atoms with E-state index < -0.39 is 0 Å². The van der Waals surface area contributed by atoms with Crippen LogP contribution in [0.1, 0.15) is 12.5 Å². The van der Waals surface area contributed by atoms with E-state index in [0.717, 1.165) is 11.3 Å². The minimum atomic E-state index is -0.267. The van der Waals surface area contributed by atoms with Crippen molar-refractivity contribution in [2.75, 3.05) is 5.75 Å². The Morgan fingerprint density at radius 3 is 2.62 bits per heavy atom. The van der Waals surface area contributed by atoms with Crippen molar-refractivity contribution in [2.24, 2.45) is 15.9 Å². The number of hydrogen-bond donors (Lipinski definition) is 1. The molecule has 0 radical (unpaired) electrons. The highest BCUT2D eigenvalue weighted by molar-refractivity contribution is 8.93. The fourth-order valence-electron chi connectivity index (χ4n) is 0.878. The second kappa shape index (κ2) is 8.29. The van der Waals surface area contributed by atoms with Gasteiger partial charge in [0.15, 0.2) is 5.17 Å². The minimum absolute atomic E-state index is 0. The van der Waals surface area contributed by atoms with Crippen molar-refractivity contribution < 1.29 is 4.39 Å². The van der Waals surface area contributed by atoms with Crippen LogP contribution in [0.4, 0.5) is 4.39 Å². The van der Waals surface area contributed by atoms with Crippen molar-refractivity contribution in [3.63, 3.8) is 0 Å². The van der Waals surface area contributed by atoms with E-state index in [2.05, 4.69) is 10.2 Å². The highest BCUT2D eigenvalue weighted by Gasteiger charge is 1.90. The molecule has 0 amide bonds. The molecule has 88 valence electrons. The number of benzene rings is 1. The Bertz CT molecular complexity index is 365. The quantitative estimate of drug-likeness (QED) is 0.530. The Labute approximate surface area is 109 Å². The van der Waals surface area contributed by atoms with Crippen LogP contribution in [0.2, 0.25) is 0 Å². The summed E-state index contributed by atoms with van der Waals surface area (Å²) in [5.41, 5.74) is 6.30. The molecular weight excluding hydrogens is 293 g/mol. The largest absolute Gasteiger partial charge is 0.377 e. The maximum atomic E-state index is 12.5. The first-order chi connectivity index (χ1) is 7.22. The van der Waals surface area contributed by atoms with Gasteiger partial charge >= 0.3 is 0 Å². The summed E-state index contributed by atoms with van der Waals surface area (Å²) in [4.78, 5) is 0. The molecule has 0 aromatic heterocycles. The van der Waals surface area contributed by atoms with Gasteiger partial charge < -0.3 is 5.73 Å². The molecule has 0 spiro atoms. The molecule has 0 heterocycles. The zero-order chi connectivity index (χ0) is 11.1. The molecule has 3 nitrogen and oxygen atoms in total. The molecule has 1 aromatic carbocycles. The van der Waals surface area contributed by atoms with Crippen LogP contribution in [0.3, 0.4) is 0 Å². The molecule has 16 heavy (non-hydrogen) atoms. The van der Waals surface area contributed by atoms with Gasteiger partial charge in [0.05, 0.1) is 6.21 Å². The predicted molar refractivity (Wildman–Crippen MR) is 74.1 cm³/mol. The van der Waals surface area contributed by atoms with Gasteiger partial charge in [-0.1, -0.05) is 30.8 Å². The third-order valence-electron chi connectivity index (χ3n) is 1.53. The van der Waals surface area contributed by atoms with E-state index in [1.807, 2.05) is 6.92 Å². The molecule has 0 saturated carbocycles. The third kappa shape index (κ3) is 5.87. The second-order valence-electron chi connectivity index (χ2n) is 2.67. The van der Waals surface area contributed by atoms with E-state index in [0.29, 0.717) is 5.17 Å². The lowest BCUT2D eigenvalue weighted by Gasteiger charge is -1.92. The van der Waals surface area contributed by atoms with Crippen LogP contribution >= 0.6 is 28.7 Å². The first kappa shape index (κ1) is 15.1. The van der Waals surface area contributed by atoms with Gasteiger partial charge in [-0.3, -0.25) is 0 Å². The van der Waals surface area contributed by atoms with Crippen molar-refractivity contribution in [1.82, 2.24) is 0 Å². The monoisotopic (exact) mass is 305 g/mol. The van der Waals surface area contributed by atoms with Gasteiger partial charge in [0.1, 0.15) is 5.82 Å². The van der Waals surface area contributed by atoms with Gasteiger partial charge in [-0.05, 0) is 23.4 Å². The lowest BCUT2D eigenvalue weighted by molar-refractivity contribution is 0.628. The van der Waals surface area contributed by atoms with Gasteiger partial charge in [-0.2, -0.15) is 5.10 Å². The number of thioether (sulfide) groups is 1. The Kier molecular flexibility index (Phi) is 7.84. The van der Waals surface area contributed by atoms with Crippen LogP contribution in [0, 0.1) is 5.82 Å². The first-order valence-corrected chi connectivity index (χ1v) is 5.46. The molecule has 1 aromatic rings. The molecule has 0 aliphatic carbocycles. The first-order valence-electron chi connectivity index (χ1n) is 4.47. The summed E-state index contributed by atoms with van der Waals surface area (Å²) in [5.74, 6) is 0.596. The van der Waals surface area contributed by atoms with E-state index in [-0.39, 0.29) is 22.8 Å². The molecule has 0 unspecified atom stereocenters. The Morgan fingerprint density at radius 1 is 1.44 bits per heavy atom. The Morgan fingerprint density at radius 2 is 2.06 bits per heavy atom. The molecule has 2 N–H and O–H groups in total. The normalized spacial score (nSPS) is 11.5. The maximum Gasteiger partial charge on any atom is 0.180 e. The fourth-order valence-corrected chi connectivity index (χ4v) is 1.28. The van der Waals surface area contributed by atoms with Gasteiger partial charge in [0.25, 0.3) is 0 Å². The number of nitrogens with zero attached hydrogens (tertiary/aromatic N) is 2. The lowest BCUT2D eigenvalue weighted by Crippen LogP contribution is -2.05. The summed E-state index contributed by atoms with van der Waals surface area (Å²) >= 11 is 1.42. The average Bonchev–Trinajstić information content (AvgIpc) is 2.21. The summed E-state index contributed by atoms with van der Waals surface area (Å²) in [6, 6.07) is 5.99. The predicted octanol–water partition coefficient (Wildman–Crippen LogP) is 2.81. The number of amidine groups is 1. The smallest absolute Gasteiger partial charge is 0.180 e. The minimum Gasteiger partial charge on any atom is -0.377 e. The van der Waals surface area contributed by atoms with Crippen LogP contribution in [0.5, 0.6) is 0 Å². The zero-order valence-corrected chi connectivity index (χ0v) is 11.3. The molecular formula is C10H13BrFN3S. The molecule has 0 aliphatic heterocycles. The van der Waals surface area contributed by atoms with Crippen LogP contribution in [-0.4, -0.2) is 17.1 Å². The van der Waals surface area contributed by atoms with Crippen LogP contribution in [0.15, 0.2) is 34.5 Å². The summed E-state index contributed by atoms with van der Waals surface area (Å²) in [5, 5.41) is 7.98. The standard InChI is InChI=1S/C10H12FN3S.BrH/c1-2-15-10(12)14-13-7-8-3-5-9(11)6-4-8;/h3-7H,2H2,1H3,(H2,12,14);1H/b13-7+;. The fraction of sp³-hybridized carbons (Fsp3) is 0.200. The summed E-state index contributed by atoms with van der Waals surface area (Å²) in [6.45, 7) is 1.98. The van der Waals surface area contributed by atoms with Crippen LogP contribution < -0.4 is 5.73 Å². The maximum absolute atomic E-state index is 12.5. The van der Waals surface area contributed by atoms with E-state index in [4.69, 9.17) is 5.73 Å². The highest BCUT2D eigenvalue weighted by Crippen LogP contribution is 2.01. The second-order valence-corrected chi connectivity index (χ2v) is 3.95. The summed E-state index contributed by atoms with van der Waals surface area (Å²) in [7, 11) is 0. The SMILES string of the molecule is Br.CCS/C(N)=N\N=C\c1ccc(F)cc1. The molecule has 0 bridgehead atoms. The molecule has 0 fully saturated rings. The van der Waals surface area contributed by atoms with Crippen molar-refractivity contribution in [1.29, 1.82) is 0 Å². The highest BCUT2D eigenvalue weighted by atomic mass is 79.9.